The highest BCUT2D eigenvalue weighted by molar-refractivity contribution is 4.84. The Morgan fingerprint density at radius 2 is 2.43 bits per heavy atom. The van der Waals surface area contributed by atoms with Gasteiger partial charge in [-0.15, -0.1) is 6.58 Å². The summed E-state index contributed by atoms with van der Waals surface area (Å²) in [6, 6.07) is 0.322. The van der Waals surface area contributed by atoms with Crippen molar-refractivity contribution >= 4 is 0 Å². The number of nitrogens with two attached hydrogens (primary N) is 1. The van der Waals surface area contributed by atoms with Crippen LogP contribution in [0.5, 0.6) is 0 Å². The van der Waals surface area contributed by atoms with Gasteiger partial charge < -0.3 is 10.5 Å². The maximum Gasteiger partial charge on any atom is 0.0616 e. The van der Waals surface area contributed by atoms with Crippen LogP contribution in [0.2, 0.25) is 0 Å². The molecule has 0 aromatic rings. The van der Waals surface area contributed by atoms with E-state index in [9.17, 15) is 0 Å². The summed E-state index contributed by atoms with van der Waals surface area (Å²) < 4.78 is 5.64. The molecule has 0 amide bonds. The van der Waals surface area contributed by atoms with Crippen molar-refractivity contribution in [1.29, 1.82) is 0 Å². The Hall–Kier alpha value is -0.340. The standard InChI is InChI=1S/C12H23NO/c1-3-5-6-7-11(13)10-8-9-14-12(10)4-2/h3,10-12H,1,4-9,13H2,2H3. The van der Waals surface area contributed by atoms with E-state index in [0.29, 0.717) is 18.1 Å². The largest absolute Gasteiger partial charge is 0.378 e. The first-order valence-electron chi connectivity index (χ1n) is 5.77. The van der Waals surface area contributed by atoms with E-state index in [1.54, 1.807) is 0 Å². The third-order valence-corrected chi connectivity index (χ3v) is 3.16. The van der Waals surface area contributed by atoms with Crippen LogP contribution in [0.15, 0.2) is 12.7 Å². The van der Waals surface area contributed by atoms with E-state index < -0.39 is 0 Å². The van der Waals surface area contributed by atoms with Crippen molar-refractivity contribution in [3.8, 4) is 0 Å². The summed E-state index contributed by atoms with van der Waals surface area (Å²) in [5, 5.41) is 0. The second-order valence-electron chi connectivity index (χ2n) is 4.15. The zero-order valence-corrected chi connectivity index (χ0v) is 9.24. The molecule has 1 saturated heterocycles. The first-order valence-corrected chi connectivity index (χ1v) is 5.77. The van der Waals surface area contributed by atoms with Crippen LogP contribution in [-0.2, 0) is 4.74 Å². The molecule has 1 aliphatic rings. The minimum atomic E-state index is 0.322. The van der Waals surface area contributed by atoms with Gasteiger partial charge >= 0.3 is 0 Å². The molecule has 0 aliphatic carbocycles. The first kappa shape index (κ1) is 11.7. The van der Waals surface area contributed by atoms with Crippen LogP contribution in [0.3, 0.4) is 0 Å². The Morgan fingerprint density at radius 1 is 1.64 bits per heavy atom. The molecule has 3 atom stereocenters. The zero-order valence-electron chi connectivity index (χ0n) is 9.24. The molecule has 0 spiro atoms. The maximum absolute atomic E-state index is 6.17. The van der Waals surface area contributed by atoms with E-state index in [2.05, 4.69) is 13.5 Å². The average Bonchev–Trinajstić information content (AvgIpc) is 2.65. The molecule has 2 heteroatoms. The smallest absolute Gasteiger partial charge is 0.0616 e. The van der Waals surface area contributed by atoms with E-state index in [-0.39, 0.29) is 0 Å². The minimum Gasteiger partial charge on any atom is -0.378 e. The lowest BCUT2D eigenvalue weighted by molar-refractivity contribution is 0.0804. The van der Waals surface area contributed by atoms with Crippen molar-refractivity contribution in [3.63, 3.8) is 0 Å². The van der Waals surface area contributed by atoms with Gasteiger partial charge in [-0.25, -0.2) is 0 Å². The summed E-state index contributed by atoms with van der Waals surface area (Å²) in [7, 11) is 0. The van der Waals surface area contributed by atoms with Crippen molar-refractivity contribution in [2.75, 3.05) is 6.61 Å². The summed E-state index contributed by atoms with van der Waals surface area (Å²) in [6.45, 7) is 6.80. The van der Waals surface area contributed by atoms with E-state index in [0.717, 1.165) is 38.7 Å². The van der Waals surface area contributed by atoms with Gasteiger partial charge in [0, 0.05) is 18.6 Å². The van der Waals surface area contributed by atoms with E-state index in [1.807, 2.05) is 6.08 Å². The van der Waals surface area contributed by atoms with E-state index >= 15 is 0 Å². The van der Waals surface area contributed by atoms with Gasteiger partial charge in [-0.05, 0) is 32.1 Å². The lowest BCUT2D eigenvalue weighted by Gasteiger charge is -2.23. The van der Waals surface area contributed by atoms with Gasteiger partial charge in [0.05, 0.1) is 6.10 Å². The predicted octanol–water partition coefficient (Wildman–Crippen LogP) is 2.49. The van der Waals surface area contributed by atoms with Gasteiger partial charge in [0.25, 0.3) is 0 Å². The molecule has 1 fully saturated rings. The molecule has 82 valence electrons. The van der Waals surface area contributed by atoms with Crippen LogP contribution < -0.4 is 5.73 Å². The fourth-order valence-electron chi connectivity index (χ4n) is 2.29. The number of rotatable bonds is 6. The second kappa shape index (κ2) is 6.20. The van der Waals surface area contributed by atoms with Crippen LogP contribution in [0.25, 0.3) is 0 Å². The zero-order chi connectivity index (χ0) is 10.4. The monoisotopic (exact) mass is 197 g/mol. The van der Waals surface area contributed by atoms with Gasteiger partial charge in [-0.3, -0.25) is 0 Å². The Labute approximate surface area is 87.5 Å². The fourth-order valence-corrected chi connectivity index (χ4v) is 2.29. The van der Waals surface area contributed by atoms with Gasteiger partial charge in [-0.2, -0.15) is 0 Å². The summed E-state index contributed by atoms with van der Waals surface area (Å²) in [4.78, 5) is 0. The van der Waals surface area contributed by atoms with Gasteiger partial charge in [0.1, 0.15) is 0 Å². The van der Waals surface area contributed by atoms with Crippen molar-refractivity contribution in [2.24, 2.45) is 11.7 Å². The van der Waals surface area contributed by atoms with Crippen molar-refractivity contribution < 1.29 is 4.74 Å². The Morgan fingerprint density at radius 3 is 3.07 bits per heavy atom. The molecule has 0 aromatic carbocycles. The number of allylic oxidation sites excluding steroid dienone is 1. The highest BCUT2D eigenvalue weighted by atomic mass is 16.5. The molecule has 0 saturated carbocycles. The molecule has 1 heterocycles. The average molecular weight is 197 g/mol. The van der Waals surface area contributed by atoms with E-state index in [1.165, 1.54) is 0 Å². The molecule has 1 aliphatic heterocycles. The lowest BCUT2D eigenvalue weighted by atomic mass is 9.89. The van der Waals surface area contributed by atoms with Gasteiger partial charge in [-0.1, -0.05) is 13.0 Å². The van der Waals surface area contributed by atoms with Crippen molar-refractivity contribution in [2.45, 2.75) is 51.2 Å². The van der Waals surface area contributed by atoms with Crippen LogP contribution in [0.1, 0.15) is 39.0 Å². The minimum absolute atomic E-state index is 0.322. The third-order valence-electron chi connectivity index (χ3n) is 3.16. The second-order valence-corrected chi connectivity index (χ2v) is 4.15. The topological polar surface area (TPSA) is 35.2 Å². The summed E-state index contributed by atoms with van der Waals surface area (Å²) in [6.07, 6.45) is 7.98. The molecule has 2 nitrogen and oxygen atoms in total. The SMILES string of the molecule is C=CCCCC(N)C1CCOC1CC. The molecule has 1 rings (SSSR count). The first-order chi connectivity index (χ1) is 6.79. The highest BCUT2D eigenvalue weighted by Gasteiger charge is 2.30. The lowest BCUT2D eigenvalue weighted by Crippen LogP contribution is -2.35. The molecule has 0 bridgehead atoms. The van der Waals surface area contributed by atoms with Gasteiger partial charge in [0.15, 0.2) is 0 Å². The third kappa shape index (κ3) is 3.10. The van der Waals surface area contributed by atoms with Crippen LogP contribution >= 0.6 is 0 Å². The number of hydrogen-bond acceptors (Lipinski definition) is 2. The molecular weight excluding hydrogens is 174 g/mol. The van der Waals surface area contributed by atoms with Crippen molar-refractivity contribution in [1.82, 2.24) is 0 Å². The fraction of sp³-hybridized carbons (Fsp3) is 0.833. The summed E-state index contributed by atoms with van der Waals surface area (Å²) >= 11 is 0. The summed E-state index contributed by atoms with van der Waals surface area (Å²) in [5.41, 5.74) is 6.17. The quantitative estimate of drug-likeness (QED) is 0.524. The number of hydrogen-bond donors (Lipinski definition) is 1. The van der Waals surface area contributed by atoms with Crippen molar-refractivity contribution in [3.05, 3.63) is 12.7 Å². The molecule has 3 unspecified atom stereocenters. The molecule has 14 heavy (non-hydrogen) atoms. The van der Waals surface area contributed by atoms with Crippen LogP contribution in [0.4, 0.5) is 0 Å². The van der Waals surface area contributed by atoms with Crippen LogP contribution in [-0.4, -0.2) is 18.8 Å². The Kier molecular flexibility index (Phi) is 5.20. The Balaban J connectivity index is 2.27. The summed E-state index contributed by atoms with van der Waals surface area (Å²) in [5.74, 6) is 0.588. The molecule has 0 aromatic heterocycles. The normalized spacial score (nSPS) is 29.0. The highest BCUT2D eigenvalue weighted by Crippen LogP contribution is 2.27. The molecular formula is C12H23NO. The number of ether oxygens (including phenoxy) is 1. The maximum atomic E-state index is 6.17. The van der Waals surface area contributed by atoms with E-state index in [4.69, 9.17) is 10.5 Å². The van der Waals surface area contributed by atoms with Crippen LogP contribution in [0, 0.1) is 5.92 Å². The molecule has 0 radical (unpaired) electrons. The predicted molar refractivity (Wildman–Crippen MR) is 60.2 cm³/mol. The Bertz CT molecular complexity index is 170. The van der Waals surface area contributed by atoms with Gasteiger partial charge in [0.2, 0.25) is 0 Å². The number of unbranched alkanes of at least 4 members (excludes halogenated alkanes) is 1. The molecule has 2 N–H and O–H groups in total.